The molecule has 9 unspecified atom stereocenters. The van der Waals surface area contributed by atoms with Gasteiger partial charge in [-0.25, -0.2) is 4.79 Å². The van der Waals surface area contributed by atoms with Gasteiger partial charge in [0.2, 0.25) is 6.29 Å². The molecule has 12 rings (SSSR count). The molecule has 7 aliphatic heterocycles. The Morgan fingerprint density at radius 1 is 0.540 bits per heavy atom. The minimum absolute atomic E-state index is 0.0263. The van der Waals surface area contributed by atoms with Crippen molar-refractivity contribution in [3.63, 3.8) is 0 Å². The molecule has 11 fully saturated rings. The monoisotopic (exact) mass is 1620 g/mol. The first-order valence-electron chi connectivity index (χ1n) is 40.0. The summed E-state index contributed by atoms with van der Waals surface area (Å²) in [6.45, 7) is 20.5. The molecule has 40 atom stereocenters. The molecule has 0 aromatic carbocycles. The Kier molecular flexibility index (Phi) is 27.2. The average molecular weight is 1620 g/mol. The Morgan fingerprint density at radius 2 is 1.09 bits per heavy atom. The van der Waals surface area contributed by atoms with Crippen molar-refractivity contribution in [2.24, 2.45) is 50.2 Å². The lowest BCUT2D eigenvalue weighted by atomic mass is 9.33. The number of carbonyl (C=O) groups is 2. The average Bonchev–Trinajstić information content (AvgIpc) is 0.674. The third-order valence-electron chi connectivity index (χ3n) is 28.2. The van der Waals surface area contributed by atoms with Crippen molar-refractivity contribution in [3.8, 4) is 0 Å². The number of ether oxygens (including phenoxy) is 15. The molecule has 0 spiro atoms. The van der Waals surface area contributed by atoms with Gasteiger partial charge in [-0.2, -0.15) is 0 Å². The van der Waals surface area contributed by atoms with Crippen LogP contribution < -0.4 is 0 Å². The van der Waals surface area contributed by atoms with Crippen LogP contribution in [0.2, 0.25) is 0 Å². The van der Waals surface area contributed by atoms with E-state index in [0.29, 0.717) is 51.4 Å². The maximum Gasteiger partial charge on any atom is 0.333 e. The topological polar surface area (TPSA) is 537 Å². The number of aliphatic hydroxyl groups excluding tert-OH is 17. The lowest BCUT2D eigenvalue weighted by Crippen LogP contribution is -2.67. The molecule has 0 radical (unpaired) electrons. The normalized spacial score (nSPS) is 50.6. The van der Waals surface area contributed by atoms with Crippen molar-refractivity contribution in [2.45, 2.75) is 349 Å². The van der Waals surface area contributed by atoms with Gasteiger partial charge in [0.15, 0.2) is 49.9 Å². The fraction of sp³-hybridized carbons (Fsp3) is 0.897. The standard InChI is InChI=1S/C78H124O35/c1-12-74(8,98)19-13-14-33(2)63(96)108-60-50(88)41(27-79)105-70(62(60)112-67-56(94)52(90)58(34(3)104-67)109-66-57(95)59(40(83)31-101-66)110-64-53(91)46(84)37(80)28-99-64)113-71(97)78-24-22-72(4,5)26-36(78)35-15-16-44-75(9)20-18-45(73(6,7)43(75)17-21-77(44,11)76(35,10)23-25-78)107-68-55(93)51(89)49(87)42(106-68)32-103-69-61(48(86)39(82)30-102-69)111-65-54(92)47(85)38(81)29-100-65/h12,14-15,34,36-62,64-70,79-95,98H,1,13,16-32H2,2-11H3/b33-14+/t34?,36?,37-,38-,39+,40-,41-,42-,43?,44?,45+,46+,47+,48+,49-,50-,51+,52?,53-,54-,55-,56?,57-,58?,59+,60+,61-,62-,64+,65+,66+,67?,68+,69+,70+,74?,75+,76-,77-,78+/m0/s1. The van der Waals surface area contributed by atoms with Crippen molar-refractivity contribution in [1.29, 1.82) is 0 Å². The molecule has 7 saturated heterocycles. The van der Waals surface area contributed by atoms with Crippen molar-refractivity contribution >= 4 is 11.9 Å². The second-order valence-corrected chi connectivity index (χ2v) is 36.3. The molecule has 5 aliphatic carbocycles. The first-order valence-corrected chi connectivity index (χ1v) is 40.0. The highest BCUT2D eigenvalue weighted by Crippen LogP contribution is 2.76. The molecule has 646 valence electrons. The maximum absolute atomic E-state index is 16.1. The summed E-state index contributed by atoms with van der Waals surface area (Å²) in [5, 5.41) is 198. The summed E-state index contributed by atoms with van der Waals surface area (Å²) in [5.41, 5.74) is -3.37. The molecule has 12 aliphatic rings. The molecule has 0 bridgehead atoms. The highest BCUT2D eigenvalue weighted by molar-refractivity contribution is 5.88. The predicted octanol–water partition coefficient (Wildman–Crippen LogP) is -2.76. The maximum atomic E-state index is 16.1. The summed E-state index contributed by atoms with van der Waals surface area (Å²) >= 11 is 0. The zero-order chi connectivity index (χ0) is 82.5. The number of rotatable bonds is 22. The van der Waals surface area contributed by atoms with E-state index in [9.17, 15) is 96.7 Å². The second-order valence-electron chi connectivity index (χ2n) is 36.3. The number of aliphatic hydroxyl groups is 18. The van der Waals surface area contributed by atoms with Gasteiger partial charge in [-0.15, -0.1) is 6.58 Å². The van der Waals surface area contributed by atoms with Crippen LogP contribution >= 0.6 is 0 Å². The summed E-state index contributed by atoms with van der Waals surface area (Å²) in [6, 6.07) is 0. The van der Waals surface area contributed by atoms with E-state index in [-0.39, 0.29) is 46.5 Å². The molecule has 35 heteroatoms. The smallest absolute Gasteiger partial charge is 0.333 e. The molecular weight excluding hydrogens is 1500 g/mol. The van der Waals surface area contributed by atoms with Crippen LogP contribution in [0, 0.1) is 50.2 Å². The lowest BCUT2D eigenvalue weighted by molar-refractivity contribution is -0.379. The molecule has 113 heavy (non-hydrogen) atoms. The van der Waals surface area contributed by atoms with Gasteiger partial charge in [-0.3, -0.25) is 4.79 Å². The van der Waals surface area contributed by atoms with Gasteiger partial charge < -0.3 is 163 Å². The summed E-state index contributed by atoms with van der Waals surface area (Å²) in [7, 11) is 0. The van der Waals surface area contributed by atoms with Gasteiger partial charge in [0.25, 0.3) is 0 Å². The van der Waals surface area contributed by atoms with E-state index in [1.165, 1.54) is 26.0 Å². The van der Waals surface area contributed by atoms with Crippen LogP contribution in [0.25, 0.3) is 0 Å². The molecule has 0 aromatic heterocycles. The van der Waals surface area contributed by atoms with E-state index in [1.807, 2.05) is 0 Å². The zero-order valence-electron chi connectivity index (χ0n) is 65.9. The van der Waals surface area contributed by atoms with E-state index < -0.39 is 276 Å². The number of esters is 2. The Bertz CT molecular complexity index is 3330. The van der Waals surface area contributed by atoms with E-state index >= 15 is 4.79 Å². The van der Waals surface area contributed by atoms with Crippen LogP contribution in [0.1, 0.15) is 146 Å². The Labute approximate surface area is 656 Å². The van der Waals surface area contributed by atoms with E-state index in [4.69, 9.17) is 71.1 Å². The fourth-order valence-corrected chi connectivity index (χ4v) is 20.8. The van der Waals surface area contributed by atoms with Crippen molar-refractivity contribution in [1.82, 2.24) is 0 Å². The highest BCUT2D eigenvalue weighted by atomic mass is 16.8. The Balaban J connectivity index is 0.765. The van der Waals surface area contributed by atoms with Crippen LogP contribution in [-0.4, -0.2) is 346 Å². The van der Waals surface area contributed by atoms with Crippen LogP contribution in [0.15, 0.2) is 36.0 Å². The van der Waals surface area contributed by atoms with Gasteiger partial charge in [-0.05, 0) is 143 Å². The second kappa shape index (κ2) is 34.4. The van der Waals surface area contributed by atoms with Gasteiger partial charge in [0.1, 0.15) is 128 Å². The Morgan fingerprint density at radius 3 is 1.73 bits per heavy atom. The number of hydrogen-bond acceptors (Lipinski definition) is 35. The molecule has 0 aromatic rings. The van der Waals surface area contributed by atoms with E-state index in [0.717, 1.165) is 18.4 Å². The van der Waals surface area contributed by atoms with Gasteiger partial charge in [0, 0.05) is 5.57 Å². The van der Waals surface area contributed by atoms with Gasteiger partial charge in [0.05, 0.1) is 62.9 Å². The summed E-state index contributed by atoms with van der Waals surface area (Å²) < 4.78 is 90.4. The third kappa shape index (κ3) is 17.0. The van der Waals surface area contributed by atoms with Gasteiger partial charge >= 0.3 is 11.9 Å². The molecule has 7 heterocycles. The number of hydrogen-bond donors (Lipinski definition) is 18. The number of fused-ring (bicyclic) bond motifs is 7. The summed E-state index contributed by atoms with van der Waals surface area (Å²) in [5.74, 6) is -1.96. The van der Waals surface area contributed by atoms with Crippen LogP contribution in [0.4, 0.5) is 0 Å². The SMILES string of the molecule is C=CC(C)(O)CC/C=C(\C)C(=O)O[C@@H]1[C@@H](O)[C@H](CO)O[C@H](OC(=O)[C@@]23CCC(C)(C)CC2C2=CCC4[C@]5(C)CC[C@@H](O[C@H]6O[C@@H](CO[C@H]7OC[C@@H](O)[C@@H](O)[C@@H]7O[C@H]7OC[C@H](O)[C@@H](O)[C@@H]7O)[C@H](O)[C@@H](O)[C@@H]6O)C(C)(C)C5CC[C@]4(C)[C@@]2(C)CC3)[C@H]1OC1OC(C)C(O[C@H]2OC[C@H](O)[C@@H](O[C@H]3OC[C@H](O)[C@@H](O)[C@@H]3O)[C@@H]2O)C(O)C1O. The molecule has 4 saturated carbocycles. The van der Waals surface area contributed by atoms with Crippen molar-refractivity contribution < 1.29 is 173 Å². The molecular formula is C78H124O35. The minimum atomic E-state index is -2.09. The summed E-state index contributed by atoms with van der Waals surface area (Å²) in [6.07, 6.45) is -41.2. The number of allylic oxidation sites excluding steroid dienone is 3. The first-order chi connectivity index (χ1) is 53.0. The largest absolute Gasteiger partial charge is 0.453 e. The van der Waals surface area contributed by atoms with Crippen molar-refractivity contribution in [3.05, 3.63) is 36.0 Å². The van der Waals surface area contributed by atoms with E-state index in [2.05, 4.69) is 61.1 Å². The highest BCUT2D eigenvalue weighted by Gasteiger charge is 2.71. The van der Waals surface area contributed by atoms with Crippen LogP contribution in [0.5, 0.6) is 0 Å². The quantitative estimate of drug-likeness (QED) is 0.0226. The first kappa shape index (κ1) is 89.2. The molecule has 35 nitrogen and oxygen atoms in total. The van der Waals surface area contributed by atoms with E-state index in [1.54, 1.807) is 6.92 Å². The predicted molar refractivity (Wildman–Crippen MR) is 383 cm³/mol. The minimum Gasteiger partial charge on any atom is -0.453 e. The fourth-order valence-electron chi connectivity index (χ4n) is 20.8. The number of carbonyl (C=O) groups excluding carboxylic acids is 2. The van der Waals surface area contributed by atoms with Crippen molar-refractivity contribution in [2.75, 3.05) is 39.6 Å². The van der Waals surface area contributed by atoms with Crippen LogP contribution in [-0.2, 0) is 80.6 Å². The third-order valence-corrected chi connectivity index (χ3v) is 28.2. The molecule has 0 amide bonds. The van der Waals surface area contributed by atoms with Gasteiger partial charge in [-0.1, -0.05) is 72.3 Å². The Hall–Kier alpha value is -3.08. The molecule has 18 N–H and O–H groups in total. The summed E-state index contributed by atoms with van der Waals surface area (Å²) in [4.78, 5) is 30.4. The zero-order valence-corrected chi connectivity index (χ0v) is 65.9. The lowest BCUT2D eigenvalue weighted by Gasteiger charge is -2.71. The van der Waals surface area contributed by atoms with Crippen LogP contribution in [0.3, 0.4) is 0 Å².